The molecule has 6 nitrogen and oxygen atoms in total. The average Bonchev–Trinajstić information content (AvgIpc) is 2.78. The van der Waals surface area contributed by atoms with Gasteiger partial charge in [-0.05, 0) is 56.5 Å². The number of carbonyl (C=O) groups excluding carboxylic acids is 2. The predicted molar refractivity (Wildman–Crippen MR) is 122 cm³/mol. The van der Waals surface area contributed by atoms with Crippen molar-refractivity contribution >= 4 is 11.8 Å². The number of carbonyl (C=O) groups is 2. The Morgan fingerprint density at radius 1 is 0.968 bits per heavy atom. The molecule has 2 atom stereocenters. The molecule has 0 aliphatic heterocycles. The molecular weight excluding hydrogens is 392 g/mol. The number of benzene rings is 2. The second-order valence-corrected chi connectivity index (χ2v) is 7.71. The molecule has 0 aliphatic carbocycles. The molecule has 0 radical (unpaired) electrons. The Labute approximate surface area is 185 Å². The van der Waals surface area contributed by atoms with Crippen LogP contribution in [0.3, 0.4) is 0 Å². The topological polar surface area (TPSA) is 67.9 Å². The Hall–Kier alpha value is -3.02. The van der Waals surface area contributed by atoms with E-state index in [1.165, 1.54) is 0 Å². The van der Waals surface area contributed by atoms with Crippen LogP contribution in [0.5, 0.6) is 11.5 Å². The number of nitrogens with zero attached hydrogens (tertiary/aromatic N) is 1. The smallest absolute Gasteiger partial charge is 0.261 e. The molecule has 168 valence electrons. The van der Waals surface area contributed by atoms with Gasteiger partial charge in [0.1, 0.15) is 17.5 Å². The highest BCUT2D eigenvalue weighted by molar-refractivity contribution is 5.88. The second kappa shape index (κ2) is 12.0. The molecule has 0 saturated heterocycles. The minimum Gasteiger partial charge on any atom is -0.497 e. The minimum atomic E-state index is -0.579. The lowest BCUT2D eigenvalue weighted by molar-refractivity contribution is -0.143. The van der Waals surface area contributed by atoms with Gasteiger partial charge in [0, 0.05) is 12.6 Å². The molecule has 0 saturated carbocycles. The standard InChI is InChI=1S/C25H34N2O4/c1-6-19(4)26-25(29)23(7-2)27(16-20-10-14-21(30-5)15-11-20)24(28)17-31-22-12-8-18(3)9-13-22/h8-15,19,23H,6-7,16-17H2,1-5H3,(H,26,29)/t19-,23-/m1/s1. The van der Waals surface area contributed by atoms with E-state index in [4.69, 9.17) is 9.47 Å². The second-order valence-electron chi connectivity index (χ2n) is 7.71. The van der Waals surface area contributed by atoms with E-state index < -0.39 is 6.04 Å². The molecule has 2 rings (SSSR count). The van der Waals surface area contributed by atoms with Crippen molar-refractivity contribution in [3.63, 3.8) is 0 Å². The van der Waals surface area contributed by atoms with Crippen molar-refractivity contribution in [1.82, 2.24) is 10.2 Å². The van der Waals surface area contributed by atoms with Crippen LogP contribution in [0.15, 0.2) is 48.5 Å². The van der Waals surface area contributed by atoms with Crippen LogP contribution >= 0.6 is 0 Å². The van der Waals surface area contributed by atoms with E-state index in [9.17, 15) is 9.59 Å². The zero-order chi connectivity index (χ0) is 22.8. The summed E-state index contributed by atoms with van der Waals surface area (Å²) in [6, 6.07) is 14.5. The summed E-state index contributed by atoms with van der Waals surface area (Å²) in [4.78, 5) is 27.7. The van der Waals surface area contributed by atoms with Gasteiger partial charge in [-0.1, -0.05) is 43.7 Å². The molecule has 0 aromatic heterocycles. The van der Waals surface area contributed by atoms with E-state index in [1.54, 1.807) is 12.0 Å². The summed E-state index contributed by atoms with van der Waals surface area (Å²) in [5, 5.41) is 3.01. The number of rotatable bonds is 11. The average molecular weight is 427 g/mol. The van der Waals surface area contributed by atoms with Gasteiger partial charge in [0.2, 0.25) is 5.91 Å². The molecule has 0 fully saturated rings. The highest BCUT2D eigenvalue weighted by Gasteiger charge is 2.29. The molecule has 0 unspecified atom stereocenters. The summed E-state index contributed by atoms with van der Waals surface area (Å²) in [7, 11) is 1.61. The van der Waals surface area contributed by atoms with E-state index >= 15 is 0 Å². The lowest BCUT2D eigenvalue weighted by Crippen LogP contribution is -2.51. The third-order valence-corrected chi connectivity index (χ3v) is 5.28. The number of ether oxygens (including phenoxy) is 2. The predicted octanol–water partition coefficient (Wildman–Crippen LogP) is 4.10. The van der Waals surface area contributed by atoms with Crippen LogP contribution in [0.2, 0.25) is 0 Å². The van der Waals surface area contributed by atoms with Crippen LogP contribution in [0.25, 0.3) is 0 Å². The summed E-state index contributed by atoms with van der Waals surface area (Å²) in [6.07, 6.45) is 1.33. The Balaban J connectivity index is 2.20. The van der Waals surface area contributed by atoms with Gasteiger partial charge in [-0.2, -0.15) is 0 Å². The van der Waals surface area contributed by atoms with E-state index in [0.717, 1.165) is 23.3 Å². The zero-order valence-electron chi connectivity index (χ0n) is 19.2. The maximum Gasteiger partial charge on any atom is 0.261 e. The fourth-order valence-electron chi connectivity index (χ4n) is 3.15. The molecule has 0 heterocycles. The summed E-state index contributed by atoms with van der Waals surface area (Å²) < 4.78 is 10.9. The summed E-state index contributed by atoms with van der Waals surface area (Å²) in [5.41, 5.74) is 2.03. The first-order chi connectivity index (χ1) is 14.9. The zero-order valence-corrected chi connectivity index (χ0v) is 19.2. The molecule has 0 aliphatic rings. The monoisotopic (exact) mass is 426 g/mol. The van der Waals surface area contributed by atoms with Crippen LogP contribution in [-0.2, 0) is 16.1 Å². The van der Waals surface area contributed by atoms with Crippen molar-refractivity contribution < 1.29 is 19.1 Å². The molecular formula is C25H34N2O4. The lowest BCUT2D eigenvalue weighted by atomic mass is 10.1. The fourth-order valence-corrected chi connectivity index (χ4v) is 3.15. The van der Waals surface area contributed by atoms with Gasteiger partial charge in [0.05, 0.1) is 7.11 Å². The Kier molecular flexibility index (Phi) is 9.38. The molecule has 2 amide bonds. The van der Waals surface area contributed by atoms with Crippen LogP contribution < -0.4 is 14.8 Å². The molecule has 1 N–H and O–H groups in total. The Morgan fingerprint density at radius 2 is 1.58 bits per heavy atom. The summed E-state index contributed by atoms with van der Waals surface area (Å²) >= 11 is 0. The van der Waals surface area contributed by atoms with Gasteiger partial charge in [-0.15, -0.1) is 0 Å². The number of hydrogen-bond acceptors (Lipinski definition) is 4. The summed E-state index contributed by atoms with van der Waals surface area (Å²) in [6.45, 7) is 8.06. The van der Waals surface area contributed by atoms with Gasteiger partial charge >= 0.3 is 0 Å². The molecule has 2 aromatic rings. The van der Waals surface area contributed by atoms with Crippen LogP contribution in [0, 0.1) is 6.92 Å². The van der Waals surface area contributed by atoms with E-state index in [1.807, 2.05) is 76.2 Å². The highest BCUT2D eigenvalue weighted by atomic mass is 16.5. The van der Waals surface area contributed by atoms with Gasteiger partial charge < -0.3 is 19.7 Å². The van der Waals surface area contributed by atoms with E-state index in [2.05, 4.69) is 5.32 Å². The first-order valence-electron chi connectivity index (χ1n) is 10.8. The van der Waals surface area contributed by atoms with Gasteiger partial charge in [-0.25, -0.2) is 0 Å². The van der Waals surface area contributed by atoms with Crippen LogP contribution in [-0.4, -0.2) is 42.5 Å². The first-order valence-corrected chi connectivity index (χ1v) is 10.8. The molecule has 0 spiro atoms. The minimum absolute atomic E-state index is 0.0447. The Morgan fingerprint density at radius 3 is 2.13 bits per heavy atom. The lowest BCUT2D eigenvalue weighted by Gasteiger charge is -2.31. The van der Waals surface area contributed by atoms with Crippen LogP contribution in [0.4, 0.5) is 0 Å². The van der Waals surface area contributed by atoms with Crippen molar-refractivity contribution in [2.24, 2.45) is 0 Å². The van der Waals surface area contributed by atoms with Gasteiger partial charge in [0.15, 0.2) is 6.61 Å². The molecule has 2 aromatic carbocycles. The molecule has 31 heavy (non-hydrogen) atoms. The number of amides is 2. The van der Waals surface area contributed by atoms with Crippen LogP contribution in [0.1, 0.15) is 44.7 Å². The number of aryl methyl sites for hydroxylation is 1. The Bertz CT molecular complexity index is 834. The van der Waals surface area contributed by atoms with Crippen molar-refractivity contribution in [1.29, 1.82) is 0 Å². The van der Waals surface area contributed by atoms with Crippen molar-refractivity contribution in [2.75, 3.05) is 13.7 Å². The maximum absolute atomic E-state index is 13.2. The normalized spacial score (nSPS) is 12.5. The molecule has 6 heteroatoms. The van der Waals surface area contributed by atoms with Crippen molar-refractivity contribution in [3.05, 3.63) is 59.7 Å². The van der Waals surface area contributed by atoms with E-state index in [0.29, 0.717) is 18.7 Å². The third-order valence-electron chi connectivity index (χ3n) is 5.28. The highest BCUT2D eigenvalue weighted by Crippen LogP contribution is 2.17. The van der Waals surface area contributed by atoms with E-state index in [-0.39, 0.29) is 24.5 Å². The molecule has 0 bridgehead atoms. The summed E-state index contributed by atoms with van der Waals surface area (Å²) in [5.74, 6) is 0.989. The SMILES string of the molecule is CC[C@@H](C)NC(=O)[C@@H](CC)N(Cc1ccc(OC)cc1)C(=O)COc1ccc(C)cc1. The van der Waals surface area contributed by atoms with Gasteiger partial charge in [0.25, 0.3) is 5.91 Å². The maximum atomic E-state index is 13.2. The van der Waals surface area contributed by atoms with Crippen molar-refractivity contribution in [3.8, 4) is 11.5 Å². The quantitative estimate of drug-likeness (QED) is 0.587. The third kappa shape index (κ3) is 7.31. The fraction of sp³-hybridized carbons (Fsp3) is 0.440. The number of nitrogens with one attached hydrogen (secondary N) is 1. The van der Waals surface area contributed by atoms with Crippen molar-refractivity contribution in [2.45, 2.75) is 59.2 Å². The number of hydrogen-bond donors (Lipinski definition) is 1. The number of methoxy groups -OCH3 is 1. The first kappa shape index (κ1) is 24.3. The van der Waals surface area contributed by atoms with Gasteiger partial charge in [-0.3, -0.25) is 9.59 Å². The largest absolute Gasteiger partial charge is 0.497 e.